The molecule has 4 heteroatoms. The fourth-order valence-electron chi connectivity index (χ4n) is 2.49. The summed E-state index contributed by atoms with van der Waals surface area (Å²) in [6.07, 6.45) is 2.15. The van der Waals surface area contributed by atoms with Crippen LogP contribution < -0.4 is 0 Å². The van der Waals surface area contributed by atoms with Crippen LogP contribution >= 0.6 is 11.9 Å². The Balaban J connectivity index is 0.00000108. The van der Waals surface area contributed by atoms with Crippen LogP contribution in [0.1, 0.15) is 5.56 Å². The number of aryl methyl sites for hydroxylation is 1. The predicted octanol–water partition coefficient (Wildman–Crippen LogP) is 2.29. The molecule has 1 aromatic carbocycles. The number of carbonyl (C=O) groups excluding carboxylic acids is 1. The molecular formula is C13H14NOSY-. The van der Waals surface area contributed by atoms with Crippen LogP contribution in [0, 0.1) is 24.7 Å². The molecular weight excluding hydrogens is 307 g/mol. The van der Waals surface area contributed by atoms with Gasteiger partial charge in [-0.2, -0.15) is 0 Å². The molecule has 87 valence electrons. The Hall–Kier alpha value is 0.304. The zero-order valence-corrected chi connectivity index (χ0v) is 13.5. The molecule has 0 bridgehead atoms. The fraction of sp³-hybridized carbons (Fsp3) is 0.462. The van der Waals surface area contributed by atoms with Gasteiger partial charge in [-0.3, -0.25) is 6.29 Å². The van der Waals surface area contributed by atoms with Crippen molar-refractivity contribution in [1.29, 1.82) is 0 Å². The maximum absolute atomic E-state index is 10.5. The van der Waals surface area contributed by atoms with Crippen LogP contribution in [0.25, 0.3) is 0 Å². The molecule has 0 amide bonds. The number of piperidine rings is 1. The summed E-state index contributed by atoms with van der Waals surface area (Å²) in [5, 5.41) is 0. The quantitative estimate of drug-likeness (QED) is 0.629. The van der Waals surface area contributed by atoms with Crippen molar-refractivity contribution >= 4 is 18.2 Å². The van der Waals surface area contributed by atoms with Crippen LogP contribution in [0.3, 0.4) is 0 Å². The molecule has 3 rings (SSSR count). The van der Waals surface area contributed by atoms with E-state index < -0.39 is 0 Å². The molecule has 1 heterocycles. The molecule has 0 N–H and O–H groups in total. The molecule has 2 fully saturated rings. The molecule has 1 aromatic rings. The first-order valence-corrected chi connectivity index (χ1v) is 6.42. The third-order valence-corrected chi connectivity index (χ3v) is 4.59. The van der Waals surface area contributed by atoms with Gasteiger partial charge in [-0.25, -0.2) is 4.31 Å². The van der Waals surface area contributed by atoms with Crippen molar-refractivity contribution in [3.05, 3.63) is 29.8 Å². The van der Waals surface area contributed by atoms with Crippen molar-refractivity contribution in [1.82, 2.24) is 4.31 Å². The van der Waals surface area contributed by atoms with Gasteiger partial charge in [0.2, 0.25) is 0 Å². The van der Waals surface area contributed by atoms with E-state index in [0.29, 0.717) is 11.8 Å². The topological polar surface area (TPSA) is 20.3 Å². The maximum Gasteiger partial charge on any atom is 0.0230 e. The minimum absolute atomic E-state index is 0. The average Bonchev–Trinajstić information content (AvgIpc) is 2.76. The van der Waals surface area contributed by atoms with Crippen LogP contribution in [-0.4, -0.2) is 23.7 Å². The van der Waals surface area contributed by atoms with Crippen LogP contribution in [0.4, 0.5) is 0 Å². The molecule has 1 saturated heterocycles. The van der Waals surface area contributed by atoms with Gasteiger partial charge < -0.3 is 4.79 Å². The summed E-state index contributed by atoms with van der Waals surface area (Å²) in [6.45, 7) is 4.19. The van der Waals surface area contributed by atoms with E-state index in [4.69, 9.17) is 0 Å². The van der Waals surface area contributed by atoms with Crippen molar-refractivity contribution in [2.45, 2.75) is 11.8 Å². The van der Waals surface area contributed by atoms with E-state index in [9.17, 15) is 4.79 Å². The molecule has 2 atom stereocenters. The first-order chi connectivity index (χ1) is 7.78. The second-order valence-electron chi connectivity index (χ2n) is 4.72. The Bertz CT molecular complexity index is 396. The number of hydrogen-bond donors (Lipinski definition) is 0. The van der Waals surface area contributed by atoms with Gasteiger partial charge in [0.1, 0.15) is 0 Å². The van der Waals surface area contributed by atoms with Crippen molar-refractivity contribution in [2.24, 2.45) is 17.8 Å². The summed E-state index contributed by atoms with van der Waals surface area (Å²) in [4.78, 5) is 11.8. The Morgan fingerprint density at radius 1 is 1.24 bits per heavy atom. The van der Waals surface area contributed by atoms with E-state index in [2.05, 4.69) is 41.8 Å². The van der Waals surface area contributed by atoms with Gasteiger partial charge in [-0.15, -0.1) is 5.92 Å². The fourth-order valence-corrected chi connectivity index (χ4v) is 3.53. The Labute approximate surface area is 132 Å². The first-order valence-electron chi connectivity index (χ1n) is 5.65. The third kappa shape index (κ3) is 2.83. The molecule has 1 saturated carbocycles. The van der Waals surface area contributed by atoms with E-state index in [1.807, 2.05) is 11.9 Å². The van der Waals surface area contributed by atoms with Gasteiger partial charge in [-0.05, 0) is 42.8 Å². The van der Waals surface area contributed by atoms with Gasteiger partial charge in [0.15, 0.2) is 0 Å². The van der Waals surface area contributed by atoms with Gasteiger partial charge in [0.25, 0.3) is 0 Å². The van der Waals surface area contributed by atoms with Gasteiger partial charge in [-0.1, -0.05) is 17.7 Å². The number of nitrogens with zero attached hydrogens (tertiary/aromatic N) is 1. The van der Waals surface area contributed by atoms with Gasteiger partial charge in [0, 0.05) is 50.7 Å². The number of fused-ring (bicyclic) bond motifs is 1. The van der Waals surface area contributed by atoms with E-state index in [0.717, 1.165) is 13.1 Å². The summed E-state index contributed by atoms with van der Waals surface area (Å²) < 4.78 is 2.37. The minimum Gasteiger partial charge on any atom is -0.541 e. The molecule has 17 heavy (non-hydrogen) atoms. The van der Waals surface area contributed by atoms with Crippen LogP contribution in [0.2, 0.25) is 0 Å². The monoisotopic (exact) mass is 321 g/mol. The number of hydrogen-bond acceptors (Lipinski definition) is 3. The standard InChI is InChI=1S/C13H14NOS.Y/c1-9-2-4-10(5-3-9)16-14-6-11-12(7-14)13(11)8-15;/h2-5,11-13H,6-7H2,1H3;/q-1;. The summed E-state index contributed by atoms with van der Waals surface area (Å²) >= 11 is 1.81. The Morgan fingerprint density at radius 2 is 1.82 bits per heavy atom. The molecule has 1 aliphatic carbocycles. The van der Waals surface area contributed by atoms with Gasteiger partial charge in [0.05, 0.1) is 0 Å². The number of rotatable bonds is 3. The van der Waals surface area contributed by atoms with Crippen molar-refractivity contribution in [2.75, 3.05) is 13.1 Å². The summed E-state index contributed by atoms with van der Waals surface area (Å²) in [7, 11) is 0. The summed E-state index contributed by atoms with van der Waals surface area (Å²) in [5.41, 5.74) is 1.30. The SMILES string of the molecule is Cc1ccc(SN2CC3C([C-]=O)C3C2)cc1.[Y]. The summed E-state index contributed by atoms with van der Waals surface area (Å²) in [6, 6.07) is 8.60. The van der Waals surface area contributed by atoms with E-state index >= 15 is 0 Å². The van der Waals surface area contributed by atoms with E-state index in [-0.39, 0.29) is 38.6 Å². The first kappa shape index (κ1) is 13.7. The molecule has 1 radical (unpaired) electrons. The summed E-state index contributed by atoms with van der Waals surface area (Å²) in [5.74, 6) is 1.43. The molecule has 1 aliphatic heterocycles. The molecule has 2 nitrogen and oxygen atoms in total. The molecule has 2 unspecified atom stereocenters. The maximum atomic E-state index is 10.5. The van der Waals surface area contributed by atoms with Crippen LogP contribution in [0.5, 0.6) is 0 Å². The average molecular weight is 321 g/mol. The van der Waals surface area contributed by atoms with E-state index in [1.54, 1.807) is 0 Å². The normalized spacial score (nSPS) is 30.5. The second-order valence-corrected chi connectivity index (χ2v) is 5.89. The van der Waals surface area contributed by atoms with E-state index in [1.165, 1.54) is 10.5 Å². The van der Waals surface area contributed by atoms with Crippen LogP contribution in [0.15, 0.2) is 29.2 Å². The number of benzene rings is 1. The third-order valence-electron chi connectivity index (χ3n) is 3.55. The smallest absolute Gasteiger partial charge is 0.0230 e. The minimum atomic E-state index is 0. The molecule has 2 aliphatic rings. The van der Waals surface area contributed by atoms with Crippen molar-refractivity contribution in [3.8, 4) is 0 Å². The largest absolute Gasteiger partial charge is 0.541 e. The van der Waals surface area contributed by atoms with Crippen molar-refractivity contribution < 1.29 is 37.5 Å². The second kappa shape index (κ2) is 5.52. The molecule has 0 spiro atoms. The zero-order valence-electron chi connectivity index (χ0n) is 9.80. The molecule has 0 aromatic heterocycles. The van der Waals surface area contributed by atoms with Gasteiger partial charge >= 0.3 is 0 Å². The van der Waals surface area contributed by atoms with Crippen molar-refractivity contribution in [3.63, 3.8) is 0 Å². The van der Waals surface area contributed by atoms with Crippen LogP contribution in [-0.2, 0) is 37.5 Å². The Morgan fingerprint density at radius 3 is 2.35 bits per heavy atom. The predicted molar refractivity (Wildman–Crippen MR) is 64.8 cm³/mol. The zero-order chi connectivity index (χ0) is 11.1. The Kier molecular flexibility index (Phi) is 4.46.